The molecule has 37 heavy (non-hydrogen) atoms. The van der Waals surface area contributed by atoms with Gasteiger partial charge >= 0.3 is 12.3 Å². The molecule has 1 fully saturated rings. The van der Waals surface area contributed by atoms with Gasteiger partial charge < -0.3 is 14.5 Å². The first-order valence-corrected chi connectivity index (χ1v) is 14.2. The summed E-state index contributed by atoms with van der Waals surface area (Å²) in [5, 5.41) is 0.602. The van der Waals surface area contributed by atoms with Crippen LogP contribution in [0.1, 0.15) is 31.9 Å². The van der Waals surface area contributed by atoms with Gasteiger partial charge in [0.05, 0.1) is 11.3 Å². The third kappa shape index (κ3) is 6.29. The zero-order valence-electron chi connectivity index (χ0n) is 20.3. The Balaban J connectivity index is 1.58. The van der Waals surface area contributed by atoms with E-state index >= 15 is 0 Å². The molecule has 0 radical (unpaired) electrons. The van der Waals surface area contributed by atoms with Gasteiger partial charge in [0, 0.05) is 47.5 Å². The molecule has 7 nitrogen and oxygen atoms in total. The molecule has 1 aliphatic heterocycles. The van der Waals surface area contributed by atoms with Gasteiger partial charge in [0.15, 0.2) is 9.84 Å². The van der Waals surface area contributed by atoms with Crippen LogP contribution in [0, 0.1) is 0 Å². The van der Waals surface area contributed by atoms with Gasteiger partial charge in [-0.05, 0) is 56.7 Å². The summed E-state index contributed by atoms with van der Waals surface area (Å²) in [6.07, 6.45) is -3.56. The van der Waals surface area contributed by atoms with Crippen molar-refractivity contribution in [1.82, 2.24) is 9.88 Å². The van der Waals surface area contributed by atoms with E-state index in [4.69, 9.17) is 16.3 Å². The number of carbonyl (C=O) groups is 1. The number of hydrogen-bond donors (Lipinski definition) is 0. The normalized spacial score (nSPS) is 15.3. The second kappa shape index (κ2) is 9.95. The largest absolute Gasteiger partial charge is 0.444 e. The molecule has 0 unspecified atom stereocenters. The van der Waals surface area contributed by atoms with E-state index in [-0.39, 0.29) is 9.23 Å². The van der Waals surface area contributed by atoms with Crippen LogP contribution in [0.2, 0.25) is 5.02 Å². The first kappa shape index (κ1) is 27.5. The zero-order chi connectivity index (χ0) is 27.2. The number of hydrogen-bond acceptors (Lipinski definition) is 7. The molecule has 0 spiro atoms. The summed E-state index contributed by atoms with van der Waals surface area (Å²) in [7, 11) is -4.12. The van der Waals surface area contributed by atoms with E-state index < -0.39 is 44.6 Å². The van der Waals surface area contributed by atoms with E-state index in [1.807, 2.05) is 4.90 Å². The van der Waals surface area contributed by atoms with Crippen molar-refractivity contribution >= 4 is 54.8 Å². The Kier molecular flexibility index (Phi) is 7.39. The quantitative estimate of drug-likeness (QED) is 0.380. The lowest BCUT2D eigenvalue weighted by Crippen LogP contribution is -2.50. The summed E-state index contributed by atoms with van der Waals surface area (Å²) in [6, 6.07) is 6.03. The Bertz CT molecular complexity index is 1430. The highest BCUT2D eigenvalue weighted by molar-refractivity contribution is 7.92. The van der Waals surface area contributed by atoms with Crippen LogP contribution in [0.3, 0.4) is 0 Å². The highest BCUT2D eigenvalue weighted by Crippen LogP contribution is 2.38. The Morgan fingerprint density at radius 1 is 1.11 bits per heavy atom. The van der Waals surface area contributed by atoms with Gasteiger partial charge in [-0.3, -0.25) is 0 Å². The van der Waals surface area contributed by atoms with Crippen molar-refractivity contribution in [3.8, 4) is 0 Å². The standard InChI is InChI=1S/C24H25ClF3N3O4S2/c1-23(2,3)35-22(32)31-10-8-30(9-11-31)21-17-13-20(36-19(17)6-7-29-21)37(33,34)14-15-12-16(25)4-5-18(15)24(26,27)28/h4-7,12-13H,8-11,14H2,1-3H3. The van der Waals surface area contributed by atoms with Crippen LogP contribution >= 0.6 is 22.9 Å². The SMILES string of the molecule is CC(C)(C)OC(=O)N1CCN(c2nccc3sc(S(=O)(=O)Cc4cc(Cl)ccc4C(F)(F)F)cc23)CC1. The number of sulfone groups is 1. The third-order valence-electron chi connectivity index (χ3n) is 5.66. The number of ether oxygens (including phenoxy) is 1. The van der Waals surface area contributed by atoms with Gasteiger partial charge in [0.1, 0.15) is 15.6 Å². The predicted octanol–water partition coefficient (Wildman–Crippen LogP) is 6.00. The lowest BCUT2D eigenvalue weighted by molar-refractivity contribution is -0.138. The van der Waals surface area contributed by atoms with Crippen molar-refractivity contribution in [2.75, 3.05) is 31.1 Å². The molecule has 0 bridgehead atoms. The molecule has 0 atom stereocenters. The number of alkyl halides is 3. The molecule has 1 aromatic carbocycles. The van der Waals surface area contributed by atoms with Crippen LogP contribution < -0.4 is 4.90 Å². The Hall–Kier alpha value is -2.57. The van der Waals surface area contributed by atoms with E-state index in [0.29, 0.717) is 42.1 Å². The number of nitrogens with zero attached hydrogens (tertiary/aromatic N) is 3. The van der Waals surface area contributed by atoms with Crippen molar-refractivity contribution in [1.29, 1.82) is 0 Å². The predicted molar refractivity (Wildman–Crippen MR) is 137 cm³/mol. The van der Waals surface area contributed by atoms with E-state index in [0.717, 1.165) is 29.5 Å². The summed E-state index contributed by atoms with van der Waals surface area (Å²) in [6.45, 7) is 7.11. The molecular formula is C24H25ClF3N3O4S2. The number of rotatable bonds is 4. The average molecular weight is 576 g/mol. The minimum absolute atomic E-state index is 0.0200. The lowest BCUT2D eigenvalue weighted by atomic mass is 10.1. The van der Waals surface area contributed by atoms with Crippen molar-refractivity contribution in [3.05, 3.63) is 52.7 Å². The highest BCUT2D eigenvalue weighted by Gasteiger charge is 2.35. The van der Waals surface area contributed by atoms with Crippen LogP contribution in [0.25, 0.3) is 10.1 Å². The molecule has 4 rings (SSSR count). The molecule has 0 aliphatic carbocycles. The first-order chi connectivity index (χ1) is 17.1. The number of carbonyl (C=O) groups excluding carboxylic acids is 1. The first-order valence-electron chi connectivity index (χ1n) is 11.3. The number of pyridine rings is 1. The molecule has 0 saturated carbocycles. The van der Waals surface area contributed by atoms with Gasteiger partial charge in [-0.2, -0.15) is 13.2 Å². The van der Waals surface area contributed by atoms with Crippen LogP contribution in [0.4, 0.5) is 23.8 Å². The fourth-order valence-electron chi connectivity index (χ4n) is 3.99. The van der Waals surface area contributed by atoms with Crippen molar-refractivity contribution in [2.24, 2.45) is 0 Å². The van der Waals surface area contributed by atoms with Crippen molar-refractivity contribution in [2.45, 2.75) is 42.5 Å². The number of fused-ring (bicyclic) bond motifs is 1. The fourth-order valence-corrected chi connectivity index (χ4v) is 7.01. The number of halogens is 4. The van der Waals surface area contributed by atoms with Crippen LogP contribution in [0.15, 0.2) is 40.7 Å². The Labute approximate surface area is 221 Å². The molecule has 200 valence electrons. The second-order valence-corrected chi connectivity index (χ2v) is 13.4. The number of aromatic nitrogens is 1. The molecule has 3 heterocycles. The minimum Gasteiger partial charge on any atom is -0.444 e. The number of piperazine rings is 1. The zero-order valence-corrected chi connectivity index (χ0v) is 22.7. The van der Waals surface area contributed by atoms with Gasteiger partial charge in [0.2, 0.25) is 0 Å². The lowest BCUT2D eigenvalue weighted by Gasteiger charge is -2.36. The smallest absolute Gasteiger partial charge is 0.416 e. The van der Waals surface area contributed by atoms with Crippen molar-refractivity contribution < 1.29 is 31.1 Å². The molecule has 0 N–H and O–H groups in total. The second-order valence-electron chi connectivity index (χ2n) is 9.62. The monoisotopic (exact) mass is 575 g/mol. The van der Waals surface area contributed by atoms with Gasteiger partial charge in [-0.15, -0.1) is 11.3 Å². The van der Waals surface area contributed by atoms with E-state index in [1.165, 1.54) is 6.07 Å². The maximum Gasteiger partial charge on any atom is 0.416 e. The molecule has 3 aromatic rings. The number of anilines is 1. The van der Waals surface area contributed by atoms with Gasteiger partial charge in [0.25, 0.3) is 0 Å². The molecule has 1 aliphatic rings. The maximum absolute atomic E-state index is 13.5. The maximum atomic E-state index is 13.5. The summed E-state index contributed by atoms with van der Waals surface area (Å²) in [4.78, 5) is 20.4. The topological polar surface area (TPSA) is 79.8 Å². The highest BCUT2D eigenvalue weighted by atomic mass is 35.5. The van der Waals surface area contributed by atoms with Crippen LogP contribution in [-0.2, 0) is 26.5 Å². The molecule has 1 amide bonds. The van der Waals surface area contributed by atoms with Gasteiger partial charge in [-0.1, -0.05) is 11.6 Å². The number of amides is 1. The van der Waals surface area contributed by atoms with E-state index in [9.17, 15) is 26.4 Å². The molecular weight excluding hydrogens is 551 g/mol. The number of benzene rings is 1. The van der Waals surface area contributed by atoms with Gasteiger partial charge in [-0.25, -0.2) is 18.2 Å². The third-order valence-corrected chi connectivity index (χ3v) is 9.22. The van der Waals surface area contributed by atoms with Crippen LogP contribution in [0.5, 0.6) is 0 Å². The Morgan fingerprint density at radius 3 is 2.41 bits per heavy atom. The Morgan fingerprint density at radius 2 is 1.78 bits per heavy atom. The summed E-state index contributed by atoms with van der Waals surface area (Å²) >= 11 is 6.85. The van der Waals surface area contributed by atoms with E-state index in [2.05, 4.69) is 4.98 Å². The number of thiophene rings is 1. The molecule has 13 heteroatoms. The summed E-state index contributed by atoms with van der Waals surface area (Å²) in [5.74, 6) is -0.287. The average Bonchev–Trinajstić information content (AvgIpc) is 3.23. The summed E-state index contributed by atoms with van der Waals surface area (Å²) in [5.41, 5.74) is -2.05. The summed E-state index contributed by atoms with van der Waals surface area (Å²) < 4.78 is 72.8. The van der Waals surface area contributed by atoms with E-state index in [1.54, 1.807) is 37.9 Å². The fraction of sp³-hybridized carbons (Fsp3) is 0.417. The molecule has 1 saturated heterocycles. The minimum atomic E-state index is -4.71. The van der Waals surface area contributed by atoms with Crippen molar-refractivity contribution in [3.63, 3.8) is 0 Å². The molecule has 2 aromatic heterocycles. The van der Waals surface area contributed by atoms with Crippen LogP contribution in [-0.4, -0.2) is 56.2 Å².